The first kappa shape index (κ1) is 18.2. The molecule has 0 aromatic carbocycles. The fraction of sp³-hybridized carbons (Fsp3) is 0.611. The first-order valence-corrected chi connectivity index (χ1v) is 8.50. The summed E-state index contributed by atoms with van der Waals surface area (Å²) in [5.41, 5.74) is -0.531. The quantitative estimate of drug-likeness (QED) is 0.809. The van der Waals surface area contributed by atoms with Gasteiger partial charge in [0.1, 0.15) is 18.0 Å². The van der Waals surface area contributed by atoms with Crippen LogP contribution in [0.25, 0.3) is 0 Å². The summed E-state index contributed by atoms with van der Waals surface area (Å²) in [6.07, 6.45) is 5.22. The Bertz CT molecular complexity index is 546. The molecule has 1 saturated carbocycles. The molecule has 6 nitrogen and oxygen atoms in total. The number of nitrogens with one attached hydrogen (secondary N) is 2. The molecule has 24 heavy (non-hydrogen) atoms. The number of rotatable bonds is 5. The normalized spacial score (nSPS) is 21.0. The van der Waals surface area contributed by atoms with Gasteiger partial charge in [0, 0.05) is 18.2 Å². The molecule has 1 aliphatic carbocycles. The number of amides is 1. The van der Waals surface area contributed by atoms with Crippen LogP contribution in [-0.4, -0.2) is 35.0 Å². The third kappa shape index (κ3) is 6.18. The molecular formula is C18H27N3O3. The molecular weight excluding hydrogens is 306 g/mol. The summed E-state index contributed by atoms with van der Waals surface area (Å²) in [6.45, 7) is 5.36. The van der Waals surface area contributed by atoms with E-state index < -0.39 is 11.6 Å². The zero-order valence-corrected chi connectivity index (χ0v) is 14.7. The number of ether oxygens (including phenoxy) is 1. The number of aromatic nitrogens is 1. The molecule has 2 N–H and O–H groups in total. The highest BCUT2D eigenvalue weighted by Crippen LogP contribution is 2.26. The second kappa shape index (κ2) is 8.13. The summed E-state index contributed by atoms with van der Waals surface area (Å²) in [5.74, 6) is 0.378. The molecule has 6 heteroatoms. The largest absolute Gasteiger partial charge is 0.459 e. The molecule has 1 aliphatic rings. The number of hydrogen-bond acceptors (Lipinski definition) is 5. The lowest BCUT2D eigenvalue weighted by Gasteiger charge is -2.28. The zero-order valence-electron chi connectivity index (χ0n) is 14.7. The topological polar surface area (TPSA) is 80.3 Å². The molecule has 0 unspecified atom stereocenters. The maximum absolute atomic E-state index is 12.2. The lowest BCUT2D eigenvalue weighted by Crippen LogP contribution is -2.39. The van der Waals surface area contributed by atoms with Crippen LogP contribution in [0.15, 0.2) is 24.4 Å². The molecule has 1 aromatic heterocycles. The summed E-state index contributed by atoms with van der Waals surface area (Å²) in [5, 5.41) is 6.09. The van der Waals surface area contributed by atoms with Crippen molar-refractivity contribution in [1.29, 1.82) is 0 Å². The van der Waals surface area contributed by atoms with E-state index in [0.29, 0.717) is 6.04 Å². The van der Waals surface area contributed by atoms with Crippen LogP contribution in [0, 0.1) is 5.92 Å². The van der Waals surface area contributed by atoms with Crippen molar-refractivity contribution in [2.45, 2.75) is 58.1 Å². The van der Waals surface area contributed by atoms with Crippen LogP contribution >= 0.6 is 0 Å². The van der Waals surface area contributed by atoms with Gasteiger partial charge in [0.15, 0.2) is 0 Å². The van der Waals surface area contributed by atoms with Gasteiger partial charge in [-0.25, -0.2) is 4.98 Å². The fourth-order valence-corrected chi connectivity index (χ4v) is 2.84. The number of carbonyl (C=O) groups excluding carboxylic acids is 2. The number of pyridine rings is 1. The SMILES string of the molecule is CC(C)(C)OC(=O)CNC(=O)C1CCC(Nc2ccccn2)CC1. The number of esters is 1. The Hall–Kier alpha value is -2.11. The second-order valence-corrected chi connectivity index (χ2v) is 7.21. The Morgan fingerprint density at radius 2 is 1.92 bits per heavy atom. The van der Waals surface area contributed by atoms with Crippen LogP contribution in [0.4, 0.5) is 5.82 Å². The van der Waals surface area contributed by atoms with Crippen molar-refractivity contribution in [1.82, 2.24) is 10.3 Å². The minimum absolute atomic E-state index is 0.0331. The zero-order chi connectivity index (χ0) is 17.6. The minimum atomic E-state index is -0.531. The smallest absolute Gasteiger partial charge is 0.325 e. The molecule has 0 bridgehead atoms. The predicted molar refractivity (Wildman–Crippen MR) is 92.5 cm³/mol. The molecule has 0 aliphatic heterocycles. The van der Waals surface area contributed by atoms with E-state index in [4.69, 9.17) is 4.74 Å². The van der Waals surface area contributed by atoms with Crippen molar-refractivity contribution in [3.05, 3.63) is 24.4 Å². The lowest BCUT2D eigenvalue weighted by molar-refractivity contribution is -0.154. The summed E-state index contributed by atoms with van der Waals surface area (Å²) in [4.78, 5) is 28.1. The molecule has 0 spiro atoms. The van der Waals surface area contributed by atoms with Crippen LogP contribution in [0.5, 0.6) is 0 Å². The summed E-state index contributed by atoms with van der Waals surface area (Å²) >= 11 is 0. The molecule has 1 aromatic rings. The van der Waals surface area contributed by atoms with Gasteiger partial charge in [-0.2, -0.15) is 0 Å². The van der Waals surface area contributed by atoms with E-state index in [1.54, 1.807) is 6.20 Å². The third-order valence-corrected chi connectivity index (χ3v) is 3.94. The van der Waals surface area contributed by atoms with Crippen LogP contribution in [0.3, 0.4) is 0 Å². The first-order valence-electron chi connectivity index (χ1n) is 8.50. The third-order valence-electron chi connectivity index (χ3n) is 3.94. The standard InChI is InChI=1S/C18H27N3O3/c1-18(2,3)24-16(22)12-20-17(23)13-7-9-14(10-8-13)21-15-6-4-5-11-19-15/h4-6,11,13-14H,7-10,12H2,1-3H3,(H,19,21)(H,20,23). The van der Waals surface area contributed by atoms with Crippen LogP contribution in [0.2, 0.25) is 0 Å². The van der Waals surface area contributed by atoms with Crippen LogP contribution in [0.1, 0.15) is 46.5 Å². The maximum atomic E-state index is 12.2. The van der Waals surface area contributed by atoms with Crippen LogP contribution < -0.4 is 10.6 Å². The fourth-order valence-electron chi connectivity index (χ4n) is 2.84. The molecule has 2 rings (SSSR count). The highest BCUT2D eigenvalue weighted by molar-refractivity contribution is 5.83. The van der Waals surface area contributed by atoms with Gasteiger partial charge in [-0.1, -0.05) is 6.07 Å². The van der Waals surface area contributed by atoms with Gasteiger partial charge < -0.3 is 15.4 Å². The Morgan fingerprint density at radius 1 is 1.21 bits per heavy atom. The molecule has 132 valence electrons. The van der Waals surface area contributed by atoms with E-state index in [-0.39, 0.29) is 18.4 Å². The van der Waals surface area contributed by atoms with E-state index >= 15 is 0 Å². The van der Waals surface area contributed by atoms with Crippen LogP contribution in [-0.2, 0) is 14.3 Å². The monoisotopic (exact) mass is 333 g/mol. The van der Waals surface area contributed by atoms with Gasteiger partial charge >= 0.3 is 5.97 Å². The van der Waals surface area contributed by atoms with E-state index in [2.05, 4.69) is 15.6 Å². The van der Waals surface area contributed by atoms with Gasteiger partial charge in [-0.05, 0) is 58.6 Å². The number of hydrogen-bond donors (Lipinski definition) is 2. The highest BCUT2D eigenvalue weighted by atomic mass is 16.6. The van der Waals surface area contributed by atoms with Gasteiger partial charge in [0.05, 0.1) is 0 Å². The molecule has 0 atom stereocenters. The van der Waals surface area contributed by atoms with Crippen molar-refractivity contribution < 1.29 is 14.3 Å². The summed E-state index contributed by atoms with van der Waals surface area (Å²) in [7, 11) is 0. The second-order valence-electron chi connectivity index (χ2n) is 7.21. The molecule has 1 amide bonds. The molecule has 1 heterocycles. The Kier molecular flexibility index (Phi) is 6.17. The van der Waals surface area contributed by atoms with Crippen molar-refractivity contribution in [2.75, 3.05) is 11.9 Å². The minimum Gasteiger partial charge on any atom is -0.459 e. The van der Waals surface area contributed by atoms with Gasteiger partial charge in [-0.15, -0.1) is 0 Å². The lowest BCUT2D eigenvalue weighted by atomic mass is 9.85. The maximum Gasteiger partial charge on any atom is 0.325 e. The van der Waals surface area contributed by atoms with Gasteiger partial charge in [0.25, 0.3) is 0 Å². The molecule has 1 fully saturated rings. The predicted octanol–water partition coefficient (Wildman–Crippen LogP) is 2.51. The van der Waals surface area contributed by atoms with Gasteiger partial charge in [0.2, 0.25) is 5.91 Å². The average molecular weight is 333 g/mol. The van der Waals surface area contributed by atoms with Crippen molar-refractivity contribution in [2.24, 2.45) is 5.92 Å². The Balaban J connectivity index is 1.70. The highest BCUT2D eigenvalue weighted by Gasteiger charge is 2.27. The van der Waals surface area contributed by atoms with Crippen molar-refractivity contribution in [3.63, 3.8) is 0 Å². The van der Waals surface area contributed by atoms with E-state index in [9.17, 15) is 9.59 Å². The Labute approximate surface area is 143 Å². The van der Waals surface area contributed by atoms with E-state index in [1.807, 2.05) is 39.0 Å². The van der Waals surface area contributed by atoms with Crippen molar-refractivity contribution >= 4 is 17.7 Å². The van der Waals surface area contributed by atoms with E-state index in [0.717, 1.165) is 31.5 Å². The number of carbonyl (C=O) groups is 2. The number of nitrogens with zero attached hydrogens (tertiary/aromatic N) is 1. The van der Waals surface area contributed by atoms with Gasteiger partial charge in [-0.3, -0.25) is 9.59 Å². The average Bonchev–Trinajstić information content (AvgIpc) is 2.53. The summed E-state index contributed by atoms with van der Waals surface area (Å²) in [6, 6.07) is 6.12. The molecule has 0 radical (unpaired) electrons. The van der Waals surface area contributed by atoms with E-state index in [1.165, 1.54) is 0 Å². The summed E-state index contributed by atoms with van der Waals surface area (Å²) < 4.78 is 5.19. The number of anilines is 1. The first-order chi connectivity index (χ1) is 11.3. The molecule has 0 saturated heterocycles. The Morgan fingerprint density at radius 3 is 2.50 bits per heavy atom. The van der Waals surface area contributed by atoms with Crippen molar-refractivity contribution in [3.8, 4) is 0 Å².